The maximum atomic E-state index is 13.1. The summed E-state index contributed by atoms with van der Waals surface area (Å²) in [6.07, 6.45) is 4.01. The first-order valence-electron chi connectivity index (χ1n) is 12.1. The summed E-state index contributed by atoms with van der Waals surface area (Å²) >= 11 is 0. The van der Waals surface area contributed by atoms with Crippen molar-refractivity contribution in [1.82, 2.24) is 10.2 Å². The van der Waals surface area contributed by atoms with Gasteiger partial charge in [-0.3, -0.25) is 18.6 Å². The van der Waals surface area contributed by atoms with Crippen LogP contribution in [0.15, 0.2) is 42.5 Å². The molecule has 2 N–H and O–H groups in total. The van der Waals surface area contributed by atoms with Gasteiger partial charge < -0.3 is 29.7 Å². The van der Waals surface area contributed by atoms with E-state index in [4.69, 9.17) is 14.2 Å². The summed E-state index contributed by atoms with van der Waals surface area (Å²) in [5, 5.41) is 5.65. The van der Waals surface area contributed by atoms with Gasteiger partial charge in [0.2, 0.25) is 24.5 Å². The Morgan fingerprint density at radius 1 is 1.00 bits per heavy atom. The molecule has 2 aromatic carbocycles. The highest BCUT2D eigenvalue weighted by Crippen LogP contribution is 2.34. The van der Waals surface area contributed by atoms with Crippen LogP contribution in [0, 0.1) is 0 Å². The predicted molar refractivity (Wildman–Crippen MR) is 138 cm³/mol. The second-order valence-corrected chi connectivity index (χ2v) is 10.4. The molecule has 1 saturated carbocycles. The molecule has 0 spiro atoms. The highest BCUT2D eigenvalue weighted by molar-refractivity contribution is 7.86. The van der Waals surface area contributed by atoms with Crippen LogP contribution in [0.1, 0.15) is 31.2 Å². The van der Waals surface area contributed by atoms with Gasteiger partial charge in [0.1, 0.15) is 17.3 Å². The topological polar surface area (TPSA) is 123 Å². The van der Waals surface area contributed by atoms with Crippen molar-refractivity contribution in [1.29, 1.82) is 0 Å². The Morgan fingerprint density at radius 2 is 1.73 bits per heavy atom. The molecule has 1 atom stereocenters. The van der Waals surface area contributed by atoms with Gasteiger partial charge in [0.15, 0.2) is 11.5 Å². The van der Waals surface area contributed by atoms with E-state index in [-0.39, 0.29) is 43.3 Å². The van der Waals surface area contributed by atoms with Crippen LogP contribution in [0.25, 0.3) is 0 Å². The van der Waals surface area contributed by atoms with E-state index in [9.17, 15) is 18.6 Å². The normalized spacial score (nSPS) is 15.2. The minimum absolute atomic E-state index is 0.116. The fourth-order valence-corrected chi connectivity index (χ4v) is 5.22. The number of carbonyl (C=O) groups excluding carboxylic acids is 3. The largest absolute Gasteiger partial charge is 0.497 e. The summed E-state index contributed by atoms with van der Waals surface area (Å²) in [5.74, 6) is -0.167. The Balaban J connectivity index is 1.34. The zero-order valence-corrected chi connectivity index (χ0v) is 21.5. The number of amides is 3. The third-order valence-corrected chi connectivity index (χ3v) is 7.33. The zero-order chi connectivity index (χ0) is 26.2. The summed E-state index contributed by atoms with van der Waals surface area (Å²) in [6.45, 7) is 0.133. The number of benzene rings is 2. The maximum Gasteiger partial charge on any atom is 0.239 e. The van der Waals surface area contributed by atoms with Crippen LogP contribution in [-0.2, 0) is 31.7 Å². The molecule has 3 amide bonds. The Kier molecular flexibility index (Phi) is 8.99. The van der Waals surface area contributed by atoms with Gasteiger partial charge in [-0.2, -0.15) is 0 Å². The molecule has 1 heterocycles. The Labute approximate surface area is 218 Å². The molecule has 1 fully saturated rings. The van der Waals surface area contributed by atoms with Gasteiger partial charge in [-0.15, -0.1) is 0 Å². The number of nitrogens with zero attached hydrogens (tertiary/aromatic N) is 1. The van der Waals surface area contributed by atoms with E-state index in [1.165, 1.54) is 4.90 Å². The summed E-state index contributed by atoms with van der Waals surface area (Å²) in [5.41, 5.74) is 1.27. The van der Waals surface area contributed by atoms with Gasteiger partial charge >= 0.3 is 0 Å². The summed E-state index contributed by atoms with van der Waals surface area (Å²) in [4.78, 5) is 39.5. The summed E-state index contributed by atoms with van der Waals surface area (Å²) in [6, 6.07) is 12.2. The SMILES string of the molecule is COc1ccc(CN(CC(=O)NC2CCCC2)C(=O)C[S@](=O)CC(=O)Nc2ccc3c(c2)OCO3)cc1. The molecule has 0 saturated heterocycles. The molecule has 198 valence electrons. The van der Waals surface area contributed by atoms with E-state index in [1.54, 1.807) is 37.4 Å². The predicted octanol–water partition coefficient (Wildman–Crippen LogP) is 2.20. The monoisotopic (exact) mass is 529 g/mol. The molecular formula is C26H31N3O7S. The van der Waals surface area contributed by atoms with E-state index >= 15 is 0 Å². The van der Waals surface area contributed by atoms with Gasteiger partial charge in [-0.25, -0.2) is 0 Å². The van der Waals surface area contributed by atoms with Crippen LogP contribution in [0.3, 0.4) is 0 Å². The smallest absolute Gasteiger partial charge is 0.239 e. The van der Waals surface area contributed by atoms with Crippen molar-refractivity contribution in [3.8, 4) is 17.2 Å². The second kappa shape index (κ2) is 12.6. The quantitative estimate of drug-likeness (QED) is 0.457. The molecule has 2 aliphatic rings. The van der Waals surface area contributed by atoms with E-state index in [0.29, 0.717) is 22.9 Å². The fourth-order valence-electron chi connectivity index (χ4n) is 4.30. The average Bonchev–Trinajstić information content (AvgIpc) is 3.55. The van der Waals surface area contributed by atoms with E-state index in [1.807, 2.05) is 12.1 Å². The number of ether oxygens (including phenoxy) is 3. The van der Waals surface area contributed by atoms with Crippen molar-refractivity contribution in [3.05, 3.63) is 48.0 Å². The van der Waals surface area contributed by atoms with Gasteiger partial charge in [0, 0.05) is 35.1 Å². The van der Waals surface area contributed by atoms with Crippen LogP contribution in [0.4, 0.5) is 5.69 Å². The average molecular weight is 530 g/mol. The summed E-state index contributed by atoms with van der Waals surface area (Å²) < 4.78 is 28.4. The van der Waals surface area contributed by atoms with Crippen LogP contribution in [0.5, 0.6) is 17.2 Å². The Morgan fingerprint density at radius 3 is 2.46 bits per heavy atom. The Bertz CT molecular complexity index is 1150. The molecule has 0 aromatic heterocycles. The van der Waals surface area contributed by atoms with Crippen LogP contribution in [0.2, 0.25) is 0 Å². The first-order chi connectivity index (χ1) is 17.9. The number of methoxy groups -OCH3 is 1. The molecule has 0 unspecified atom stereocenters. The second-order valence-electron chi connectivity index (χ2n) is 8.99. The lowest BCUT2D eigenvalue weighted by atomic mass is 10.2. The van der Waals surface area contributed by atoms with Crippen molar-refractivity contribution < 1.29 is 32.8 Å². The number of hydrogen-bond acceptors (Lipinski definition) is 7. The molecule has 0 bridgehead atoms. The van der Waals surface area contributed by atoms with Crippen molar-refractivity contribution >= 4 is 34.2 Å². The minimum atomic E-state index is -1.77. The fraction of sp³-hybridized carbons (Fsp3) is 0.423. The molecule has 11 heteroatoms. The Hall–Kier alpha value is -3.60. The number of rotatable bonds is 11. The number of fused-ring (bicyclic) bond motifs is 1. The van der Waals surface area contributed by atoms with Crippen LogP contribution < -0.4 is 24.8 Å². The molecule has 0 radical (unpaired) electrons. The number of carbonyl (C=O) groups is 3. The minimum Gasteiger partial charge on any atom is -0.497 e. The molecular weight excluding hydrogens is 498 g/mol. The zero-order valence-electron chi connectivity index (χ0n) is 20.7. The van der Waals surface area contributed by atoms with E-state index in [2.05, 4.69) is 10.6 Å². The van der Waals surface area contributed by atoms with Crippen molar-refractivity contribution in [2.75, 3.05) is 37.3 Å². The highest BCUT2D eigenvalue weighted by atomic mass is 32.2. The first kappa shape index (κ1) is 26.5. The maximum absolute atomic E-state index is 13.1. The lowest BCUT2D eigenvalue weighted by Crippen LogP contribution is -2.44. The van der Waals surface area contributed by atoms with E-state index in [0.717, 1.165) is 31.2 Å². The van der Waals surface area contributed by atoms with Gasteiger partial charge in [0.05, 0.1) is 13.7 Å². The molecule has 1 aliphatic carbocycles. The lowest BCUT2D eigenvalue weighted by Gasteiger charge is -2.23. The third kappa shape index (κ3) is 7.69. The van der Waals surface area contributed by atoms with Crippen molar-refractivity contribution in [2.45, 2.75) is 38.3 Å². The van der Waals surface area contributed by atoms with E-state index < -0.39 is 22.6 Å². The highest BCUT2D eigenvalue weighted by Gasteiger charge is 2.24. The molecule has 1 aliphatic heterocycles. The molecule has 4 rings (SSSR count). The number of anilines is 1. The van der Waals surface area contributed by atoms with Crippen molar-refractivity contribution in [3.63, 3.8) is 0 Å². The molecule has 37 heavy (non-hydrogen) atoms. The van der Waals surface area contributed by atoms with Crippen LogP contribution in [-0.4, -0.2) is 64.8 Å². The lowest BCUT2D eigenvalue weighted by molar-refractivity contribution is -0.134. The summed E-state index contributed by atoms with van der Waals surface area (Å²) in [7, 11) is -0.201. The third-order valence-electron chi connectivity index (χ3n) is 6.17. The standard InChI is InChI=1S/C26H31N3O7S/c1-34-21-9-6-18(7-10-21)13-29(14-24(30)27-19-4-2-3-5-19)26(32)16-37(33)15-25(31)28-20-8-11-22-23(12-20)36-17-35-22/h6-12,19H,2-5,13-17H2,1H3,(H,27,30)(H,28,31)/t37-/m1/s1. The van der Waals surface area contributed by atoms with Gasteiger partial charge in [0.25, 0.3) is 0 Å². The molecule has 2 aromatic rings. The van der Waals surface area contributed by atoms with Crippen molar-refractivity contribution in [2.24, 2.45) is 0 Å². The first-order valence-corrected chi connectivity index (χ1v) is 13.6. The van der Waals surface area contributed by atoms with Crippen LogP contribution >= 0.6 is 0 Å². The molecule has 10 nitrogen and oxygen atoms in total. The van der Waals surface area contributed by atoms with Gasteiger partial charge in [-0.1, -0.05) is 25.0 Å². The number of hydrogen-bond donors (Lipinski definition) is 2. The van der Waals surface area contributed by atoms with Gasteiger partial charge in [-0.05, 0) is 42.7 Å². The number of nitrogens with one attached hydrogen (secondary N) is 2.